The van der Waals surface area contributed by atoms with Crippen molar-refractivity contribution < 1.29 is 42.2 Å². The van der Waals surface area contributed by atoms with Crippen LogP contribution >= 0.6 is 16.3 Å². The third kappa shape index (κ3) is 11.8. The molecule has 5 aromatic rings. The first-order valence-electron chi connectivity index (χ1n) is 19.2. The maximum absolute atomic E-state index is 7.52. The summed E-state index contributed by atoms with van der Waals surface area (Å²) < 4.78 is 59.3. The predicted molar refractivity (Wildman–Crippen MR) is 221 cm³/mol. The van der Waals surface area contributed by atoms with Crippen molar-refractivity contribution >= 4 is 37.5 Å². The highest BCUT2D eigenvalue weighted by atomic mass is 31.1. The van der Waals surface area contributed by atoms with E-state index in [0.717, 1.165) is 26.8 Å². The Labute approximate surface area is 332 Å². The van der Waals surface area contributed by atoms with Gasteiger partial charge in [0.1, 0.15) is 24.4 Å². The maximum Gasteiger partial charge on any atom is 0.187 e. The van der Waals surface area contributed by atoms with E-state index in [1.165, 1.54) is 0 Å². The summed E-state index contributed by atoms with van der Waals surface area (Å²) in [6, 6.07) is 51.5. The summed E-state index contributed by atoms with van der Waals surface area (Å²) in [6.45, 7) is 3.73. The monoisotopic (exact) mass is 796 g/mol. The van der Waals surface area contributed by atoms with Crippen LogP contribution in [0.3, 0.4) is 0 Å². The molecule has 0 aromatic heterocycles. The lowest BCUT2D eigenvalue weighted by Crippen LogP contribution is -2.62. The van der Waals surface area contributed by atoms with Crippen molar-refractivity contribution in [2.45, 2.75) is 37.3 Å². The molecule has 2 fully saturated rings. The Morgan fingerprint density at radius 2 is 0.839 bits per heavy atom. The molecule has 0 radical (unpaired) electrons. The smallest absolute Gasteiger partial charge is 0.187 e. The summed E-state index contributed by atoms with van der Waals surface area (Å²) >= 11 is 0. The minimum atomic E-state index is -1.36. The summed E-state index contributed by atoms with van der Waals surface area (Å²) in [5.41, 5.74) is 1.06. The van der Waals surface area contributed by atoms with Gasteiger partial charge in [0.05, 0.1) is 82.4 Å². The average molecular weight is 797 g/mol. The van der Waals surface area contributed by atoms with E-state index in [1.807, 2.05) is 103 Å². The van der Waals surface area contributed by atoms with E-state index in [-0.39, 0.29) is 13.2 Å². The largest absolute Gasteiger partial charge is 0.377 e. The summed E-state index contributed by atoms with van der Waals surface area (Å²) in [7, 11) is -2.72. The van der Waals surface area contributed by atoms with Crippen LogP contribution in [0.25, 0.3) is 0 Å². The molecule has 7 rings (SSSR count). The van der Waals surface area contributed by atoms with Gasteiger partial charge in [-0.15, -0.1) is 0 Å². The molecule has 0 spiro atoms. The van der Waals surface area contributed by atoms with Crippen molar-refractivity contribution in [3.8, 4) is 0 Å². The summed E-state index contributed by atoms with van der Waals surface area (Å²) in [6.07, 6.45) is -3.44. The Bertz CT molecular complexity index is 1710. The zero-order valence-electron chi connectivity index (χ0n) is 31.5. The third-order valence-electron chi connectivity index (χ3n) is 9.19. The van der Waals surface area contributed by atoms with E-state index in [9.17, 15) is 0 Å². The van der Waals surface area contributed by atoms with E-state index >= 15 is 0 Å². The van der Waals surface area contributed by atoms with Crippen molar-refractivity contribution in [3.05, 3.63) is 157 Å². The molecule has 2 bridgehead atoms. The molecule has 0 N–H and O–H groups in total. The molecule has 11 heteroatoms. The molecule has 9 nitrogen and oxygen atoms in total. The van der Waals surface area contributed by atoms with Crippen LogP contribution in [0.2, 0.25) is 0 Å². The standard InChI is InChI=1S/C45H50O9P2/c1-6-16-36(17-7-1)34-49-35-41-42-43(53-55(37-18-8-2-9-19-37)38-20-10-3-11-21-38)44(54-56(39-22-12-4-13-23-39)40-24-14-5-15-25-40)45(52-41)51-33-31-48-29-27-46-26-28-47-30-32-50-42/h1-25,41-45H,26-35H2/t41-,42-,43+,44-,45+/m1/s1. The number of hydrogen-bond acceptors (Lipinski definition) is 9. The fraction of sp³-hybridized carbons (Fsp3) is 0.333. The maximum atomic E-state index is 7.52. The highest BCUT2D eigenvalue weighted by molar-refractivity contribution is 7.69. The van der Waals surface area contributed by atoms with Crippen molar-refractivity contribution in [2.24, 2.45) is 0 Å². The number of hydrogen-bond donors (Lipinski definition) is 0. The summed E-state index contributed by atoms with van der Waals surface area (Å²) in [5.74, 6) is 0. The van der Waals surface area contributed by atoms with E-state index < -0.39 is 47.0 Å². The molecule has 294 valence electrons. The molecule has 5 atom stereocenters. The Morgan fingerprint density at radius 3 is 1.30 bits per heavy atom. The van der Waals surface area contributed by atoms with Gasteiger partial charge in [-0.3, -0.25) is 0 Å². The van der Waals surface area contributed by atoms with Crippen molar-refractivity contribution in [1.82, 2.24) is 0 Å². The fourth-order valence-corrected chi connectivity index (χ4v) is 10.3. The van der Waals surface area contributed by atoms with E-state index in [1.54, 1.807) is 0 Å². The highest BCUT2D eigenvalue weighted by Gasteiger charge is 2.51. The molecule has 5 aromatic carbocycles. The van der Waals surface area contributed by atoms with Crippen LogP contribution in [0.4, 0.5) is 0 Å². The summed E-state index contributed by atoms with van der Waals surface area (Å²) in [5, 5.41) is 4.24. The van der Waals surface area contributed by atoms with Crippen LogP contribution in [-0.2, 0) is 48.8 Å². The topological polar surface area (TPSA) is 83.1 Å². The van der Waals surface area contributed by atoms with Gasteiger partial charge < -0.3 is 42.2 Å². The van der Waals surface area contributed by atoms with E-state index in [0.29, 0.717) is 52.9 Å². The highest BCUT2D eigenvalue weighted by Crippen LogP contribution is 2.46. The first kappa shape index (κ1) is 40.8. The average Bonchev–Trinajstić information content (AvgIpc) is 3.26. The molecule has 2 saturated heterocycles. The molecule has 2 aliphatic rings. The van der Waals surface area contributed by atoms with Gasteiger partial charge in [-0.05, 0) is 5.56 Å². The minimum Gasteiger partial charge on any atom is -0.377 e. The van der Waals surface area contributed by atoms with Gasteiger partial charge >= 0.3 is 0 Å². The molecule has 2 aliphatic heterocycles. The number of fused-ring (bicyclic) bond motifs is 3. The molecule has 0 amide bonds. The molecule has 0 unspecified atom stereocenters. The van der Waals surface area contributed by atoms with Gasteiger partial charge in [0.25, 0.3) is 0 Å². The van der Waals surface area contributed by atoms with Gasteiger partial charge in [-0.2, -0.15) is 0 Å². The quantitative estimate of drug-likeness (QED) is 0.136. The second-order valence-electron chi connectivity index (χ2n) is 13.2. The number of benzene rings is 5. The van der Waals surface area contributed by atoms with Gasteiger partial charge in [0.2, 0.25) is 0 Å². The molecule has 0 saturated carbocycles. The molecule has 0 aliphatic carbocycles. The van der Waals surface area contributed by atoms with Crippen molar-refractivity contribution in [2.75, 3.05) is 59.5 Å². The summed E-state index contributed by atoms with van der Waals surface area (Å²) in [4.78, 5) is 0. The van der Waals surface area contributed by atoms with Gasteiger partial charge in [-0.1, -0.05) is 152 Å². The van der Waals surface area contributed by atoms with E-state index in [2.05, 4.69) is 48.5 Å². The van der Waals surface area contributed by atoms with Crippen molar-refractivity contribution in [1.29, 1.82) is 0 Å². The van der Waals surface area contributed by atoms with Gasteiger partial charge in [-0.25, -0.2) is 0 Å². The molecular formula is C45H50O9P2. The van der Waals surface area contributed by atoms with Crippen LogP contribution in [0.1, 0.15) is 5.56 Å². The lowest BCUT2D eigenvalue weighted by Gasteiger charge is -2.47. The Hall–Kier alpha value is -3.40. The Kier molecular flexibility index (Phi) is 16.4. The zero-order valence-corrected chi connectivity index (χ0v) is 33.2. The third-order valence-corrected chi connectivity index (χ3v) is 13.2. The first-order valence-corrected chi connectivity index (χ1v) is 21.7. The molecular weight excluding hydrogens is 746 g/mol. The molecule has 2 heterocycles. The lowest BCUT2D eigenvalue weighted by atomic mass is 9.99. The van der Waals surface area contributed by atoms with Crippen molar-refractivity contribution in [3.63, 3.8) is 0 Å². The lowest BCUT2D eigenvalue weighted by molar-refractivity contribution is -0.300. The zero-order chi connectivity index (χ0) is 38.0. The second kappa shape index (κ2) is 22.5. The minimum absolute atomic E-state index is 0.234. The first-order chi connectivity index (χ1) is 27.8. The Balaban J connectivity index is 1.30. The van der Waals surface area contributed by atoms with Crippen LogP contribution in [0.15, 0.2) is 152 Å². The van der Waals surface area contributed by atoms with Gasteiger partial charge in [0.15, 0.2) is 6.29 Å². The normalized spacial score (nSPS) is 22.9. The van der Waals surface area contributed by atoms with Crippen LogP contribution in [0.5, 0.6) is 0 Å². The van der Waals surface area contributed by atoms with Crippen LogP contribution in [-0.4, -0.2) is 90.2 Å². The number of ether oxygens (including phenoxy) is 7. The Morgan fingerprint density at radius 1 is 0.446 bits per heavy atom. The van der Waals surface area contributed by atoms with Crippen LogP contribution < -0.4 is 21.2 Å². The SMILES string of the molecule is c1ccc(COC[C@H]2O[C@@H]3OCCOCCOCCOCCO[C@H]2[C@H](OP(c2ccccc2)c2ccccc2)[C@H]3OP(c2ccccc2)c2ccccc2)cc1. The van der Waals surface area contributed by atoms with Gasteiger partial charge in [0, 0.05) is 21.2 Å². The fourth-order valence-electron chi connectivity index (χ4n) is 6.49. The molecule has 56 heavy (non-hydrogen) atoms. The number of rotatable bonds is 12. The van der Waals surface area contributed by atoms with E-state index in [4.69, 9.17) is 42.2 Å². The predicted octanol–water partition coefficient (Wildman–Crippen LogP) is 6.26. The van der Waals surface area contributed by atoms with Crippen LogP contribution in [0, 0.1) is 0 Å². The second-order valence-corrected chi connectivity index (χ2v) is 16.8.